The van der Waals surface area contributed by atoms with Crippen molar-refractivity contribution in [1.82, 2.24) is 9.80 Å². The number of amides is 1. The summed E-state index contributed by atoms with van der Waals surface area (Å²) in [6.07, 6.45) is -0.300. The van der Waals surface area contributed by atoms with Gasteiger partial charge in [-0.1, -0.05) is 44.2 Å². The van der Waals surface area contributed by atoms with Gasteiger partial charge in [0.25, 0.3) is 0 Å². The van der Waals surface area contributed by atoms with Crippen LogP contribution in [0, 0.1) is 5.92 Å². The Morgan fingerprint density at radius 2 is 1.64 bits per heavy atom. The van der Waals surface area contributed by atoms with Crippen molar-refractivity contribution in [2.75, 3.05) is 33.3 Å². The zero-order valence-electron chi connectivity index (χ0n) is 13.5. The number of rotatable bonds is 4. The molecule has 0 radical (unpaired) electrons. The van der Waals surface area contributed by atoms with E-state index in [-0.39, 0.29) is 23.8 Å². The van der Waals surface area contributed by atoms with E-state index in [0.29, 0.717) is 26.2 Å². The number of nitrogens with zero attached hydrogens (tertiary/aromatic N) is 2. The minimum Gasteiger partial charge on any atom is -0.453 e. The predicted octanol–water partition coefficient (Wildman–Crippen LogP) is 2.34. The number of carbonyl (C=O) groups excluding carboxylic acids is 2. The average Bonchev–Trinajstić information content (AvgIpc) is 2.56. The lowest BCUT2D eigenvalue weighted by molar-refractivity contribution is -0.128. The molecule has 0 aromatic heterocycles. The van der Waals surface area contributed by atoms with E-state index in [2.05, 4.69) is 4.90 Å². The van der Waals surface area contributed by atoms with Crippen LogP contribution in [0.15, 0.2) is 30.3 Å². The second-order valence-corrected chi connectivity index (χ2v) is 5.86. The lowest BCUT2D eigenvalue weighted by atomic mass is 9.93. The molecule has 2 rings (SSSR count). The molecule has 1 amide bonds. The maximum atomic E-state index is 12.7. The van der Waals surface area contributed by atoms with E-state index in [1.807, 2.05) is 44.2 Å². The molecule has 1 saturated heterocycles. The van der Waals surface area contributed by atoms with Crippen molar-refractivity contribution in [2.45, 2.75) is 19.9 Å². The highest BCUT2D eigenvalue weighted by Crippen LogP contribution is 2.26. The minimum absolute atomic E-state index is 0.0242. The summed E-state index contributed by atoms with van der Waals surface area (Å²) >= 11 is 0. The number of benzene rings is 1. The van der Waals surface area contributed by atoms with Crippen LogP contribution in [-0.2, 0) is 9.53 Å². The zero-order chi connectivity index (χ0) is 16.1. The topological polar surface area (TPSA) is 49.9 Å². The van der Waals surface area contributed by atoms with Crippen LogP contribution in [0.2, 0.25) is 0 Å². The number of carbonyl (C=O) groups is 2. The predicted molar refractivity (Wildman–Crippen MR) is 84.6 cm³/mol. The maximum Gasteiger partial charge on any atom is 0.409 e. The first-order chi connectivity index (χ1) is 10.5. The Hall–Kier alpha value is -1.88. The van der Waals surface area contributed by atoms with Crippen molar-refractivity contribution in [2.24, 2.45) is 5.92 Å². The normalized spacial score (nSPS) is 17.4. The van der Waals surface area contributed by atoms with Gasteiger partial charge in [0, 0.05) is 32.1 Å². The first-order valence-corrected chi connectivity index (χ1v) is 7.70. The van der Waals surface area contributed by atoms with E-state index in [4.69, 9.17) is 4.74 Å². The summed E-state index contributed by atoms with van der Waals surface area (Å²) in [7, 11) is 1.39. The Bertz CT molecular complexity index is 508. The third-order valence-corrected chi connectivity index (χ3v) is 4.07. The molecular formula is C17H24N2O3. The molecule has 1 aromatic carbocycles. The zero-order valence-corrected chi connectivity index (χ0v) is 13.5. The van der Waals surface area contributed by atoms with Crippen LogP contribution in [0.4, 0.5) is 4.79 Å². The number of Topliss-reactive ketones (excluding diaryl/α,β-unsaturated/α-hetero) is 1. The van der Waals surface area contributed by atoms with Gasteiger partial charge in [-0.25, -0.2) is 4.79 Å². The van der Waals surface area contributed by atoms with E-state index < -0.39 is 0 Å². The molecule has 120 valence electrons. The molecule has 1 atom stereocenters. The highest BCUT2D eigenvalue weighted by atomic mass is 16.5. The summed E-state index contributed by atoms with van der Waals surface area (Å²) in [5.74, 6) is 0.196. The van der Waals surface area contributed by atoms with Crippen molar-refractivity contribution < 1.29 is 14.3 Å². The van der Waals surface area contributed by atoms with Gasteiger partial charge in [0.1, 0.15) is 0 Å². The lowest BCUT2D eigenvalue weighted by Crippen LogP contribution is -2.51. The van der Waals surface area contributed by atoms with Crippen LogP contribution in [0.5, 0.6) is 0 Å². The largest absolute Gasteiger partial charge is 0.453 e. The fourth-order valence-corrected chi connectivity index (χ4v) is 2.80. The monoisotopic (exact) mass is 304 g/mol. The van der Waals surface area contributed by atoms with Gasteiger partial charge in [0.05, 0.1) is 13.2 Å². The van der Waals surface area contributed by atoms with Crippen molar-refractivity contribution in [3.63, 3.8) is 0 Å². The van der Waals surface area contributed by atoms with Gasteiger partial charge >= 0.3 is 6.09 Å². The van der Waals surface area contributed by atoms with E-state index in [9.17, 15) is 9.59 Å². The molecule has 22 heavy (non-hydrogen) atoms. The second-order valence-electron chi connectivity index (χ2n) is 5.86. The van der Waals surface area contributed by atoms with Gasteiger partial charge in [0.2, 0.25) is 0 Å². The van der Waals surface area contributed by atoms with Crippen LogP contribution in [0.1, 0.15) is 25.5 Å². The summed E-state index contributed by atoms with van der Waals surface area (Å²) in [6.45, 7) is 6.38. The third kappa shape index (κ3) is 3.65. The maximum absolute atomic E-state index is 12.7. The highest BCUT2D eigenvalue weighted by Gasteiger charge is 2.32. The van der Waals surface area contributed by atoms with Crippen molar-refractivity contribution in [3.05, 3.63) is 35.9 Å². The smallest absolute Gasteiger partial charge is 0.409 e. The Labute approximate surface area is 131 Å². The third-order valence-electron chi connectivity index (χ3n) is 4.07. The Balaban J connectivity index is 2.14. The van der Waals surface area contributed by atoms with Gasteiger partial charge < -0.3 is 9.64 Å². The van der Waals surface area contributed by atoms with Crippen LogP contribution in [0.3, 0.4) is 0 Å². The molecule has 0 bridgehead atoms. The van der Waals surface area contributed by atoms with E-state index in [0.717, 1.165) is 5.56 Å². The summed E-state index contributed by atoms with van der Waals surface area (Å²) < 4.78 is 4.76. The first-order valence-electron chi connectivity index (χ1n) is 7.70. The molecule has 0 aliphatic carbocycles. The van der Waals surface area contributed by atoms with Crippen LogP contribution in [0.25, 0.3) is 0 Å². The van der Waals surface area contributed by atoms with Gasteiger partial charge in [-0.05, 0) is 5.56 Å². The lowest BCUT2D eigenvalue weighted by Gasteiger charge is -2.38. The van der Waals surface area contributed by atoms with Gasteiger partial charge in [-0.3, -0.25) is 9.69 Å². The molecular weight excluding hydrogens is 280 g/mol. The molecule has 1 unspecified atom stereocenters. The molecule has 1 aliphatic rings. The van der Waals surface area contributed by atoms with Crippen LogP contribution in [-0.4, -0.2) is 55.0 Å². The van der Waals surface area contributed by atoms with Crippen molar-refractivity contribution >= 4 is 11.9 Å². The molecule has 5 heteroatoms. The van der Waals surface area contributed by atoms with E-state index in [1.165, 1.54) is 7.11 Å². The summed E-state index contributed by atoms with van der Waals surface area (Å²) in [5, 5.41) is 0. The molecule has 1 heterocycles. The Morgan fingerprint density at radius 1 is 1.05 bits per heavy atom. The Kier molecular flexibility index (Phi) is 5.55. The van der Waals surface area contributed by atoms with Gasteiger partial charge in [-0.2, -0.15) is 0 Å². The van der Waals surface area contributed by atoms with Crippen molar-refractivity contribution in [3.8, 4) is 0 Å². The van der Waals surface area contributed by atoms with Crippen LogP contribution < -0.4 is 0 Å². The number of piperazine rings is 1. The Morgan fingerprint density at radius 3 is 2.14 bits per heavy atom. The fourth-order valence-electron chi connectivity index (χ4n) is 2.80. The number of hydrogen-bond donors (Lipinski definition) is 0. The number of ketones is 1. The number of ether oxygens (including phenoxy) is 1. The van der Waals surface area contributed by atoms with E-state index >= 15 is 0 Å². The highest BCUT2D eigenvalue weighted by molar-refractivity contribution is 5.87. The van der Waals surface area contributed by atoms with Crippen molar-refractivity contribution in [1.29, 1.82) is 0 Å². The molecule has 1 aliphatic heterocycles. The molecule has 1 fully saturated rings. The fraction of sp³-hybridized carbons (Fsp3) is 0.529. The van der Waals surface area contributed by atoms with Gasteiger partial charge in [-0.15, -0.1) is 0 Å². The molecule has 5 nitrogen and oxygen atoms in total. The minimum atomic E-state index is -0.300. The van der Waals surface area contributed by atoms with E-state index in [1.54, 1.807) is 4.90 Å². The van der Waals surface area contributed by atoms with Crippen LogP contribution >= 0.6 is 0 Å². The summed E-state index contributed by atoms with van der Waals surface area (Å²) in [6, 6.07) is 9.63. The number of hydrogen-bond acceptors (Lipinski definition) is 4. The summed E-state index contributed by atoms with van der Waals surface area (Å²) in [5.41, 5.74) is 1.02. The molecule has 1 aromatic rings. The molecule has 0 spiro atoms. The average molecular weight is 304 g/mol. The molecule has 0 saturated carbocycles. The van der Waals surface area contributed by atoms with Gasteiger partial charge in [0.15, 0.2) is 5.78 Å². The molecule has 0 N–H and O–H groups in total. The quantitative estimate of drug-likeness (QED) is 0.856. The first kappa shape index (κ1) is 16.5. The SMILES string of the molecule is COC(=O)N1CCN(C(C(=O)C(C)C)c2ccccc2)CC1. The standard InChI is InChI=1S/C17H24N2O3/c1-13(2)16(20)15(14-7-5-4-6-8-14)18-9-11-19(12-10-18)17(21)22-3/h4-8,13,15H,9-12H2,1-3H3. The second kappa shape index (κ2) is 7.40. The number of methoxy groups -OCH3 is 1. The summed E-state index contributed by atoms with van der Waals surface area (Å²) in [4.78, 5) is 28.1.